The van der Waals surface area contributed by atoms with E-state index in [0.717, 1.165) is 24.1 Å². The average Bonchev–Trinajstić information content (AvgIpc) is 3.11. The Balaban J connectivity index is 0.00000450. The van der Waals surface area contributed by atoms with Crippen LogP contribution in [0.4, 0.5) is 4.39 Å². The van der Waals surface area contributed by atoms with Gasteiger partial charge in [0.2, 0.25) is 0 Å². The molecular weight excluding hydrogens is 498 g/mol. The summed E-state index contributed by atoms with van der Waals surface area (Å²) in [6, 6.07) is 8.40. The van der Waals surface area contributed by atoms with Crippen molar-refractivity contribution in [2.45, 2.75) is 39.5 Å². The van der Waals surface area contributed by atoms with Crippen LogP contribution in [0.25, 0.3) is 0 Å². The Morgan fingerprint density at radius 1 is 1.17 bits per heavy atom. The monoisotopic (exact) mass is 530 g/mol. The fourth-order valence-electron chi connectivity index (χ4n) is 2.80. The zero-order valence-corrected chi connectivity index (χ0v) is 20.4. The lowest BCUT2D eigenvalue weighted by atomic mass is 9.85. The molecule has 1 heterocycles. The molecule has 1 aromatic heterocycles. The van der Waals surface area contributed by atoms with E-state index < -0.39 is 0 Å². The highest BCUT2D eigenvalue weighted by molar-refractivity contribution is 14.0. The Morgan fingerprint density at radius 2 is 1.90 bits per heavy atom. The van der Waals surface area contributed by atoms with Gasteiger partial charge in [-0.25, -0.2) is 4.39 Å². The summed E-state index contributed by atoms with van der Waals surface area (Å²) in [5.74, 6) is 0.610. The number of furan rings is 1. The van der Waals surface area contributed by atoms with Crippen molar-refractivity contribution in [2.24, 2.45) is 4.99 Å². The molecule has 166 valence electrons. The summed E-state index contributed by atoms with van der Waals surface area (Å²) >= 11 is 0. The number of hydrogen-bond acceptors (Lipinski definition) is 3. The normalized spacial score (nSPS) is 11.6. The molecule has 0 saturated heterocycles. The summed E-state index contributed by atoms with van der Waals surface area (Å²) in [5.41, 5.74) is 1.44. The zero-order chi connectivity index (χ0) is 21.3. The minimum atomic E-state index is -0.292. The zero-order valence-electron chi connectivity index (χ0n) is 18.0. The third-order valence-electron chi connectivity index (χ3n) is 4.58. The molecule has 1 aromatic carbocycles. The number of benzene rings is 1. The molecule has 0 aliphatic heterocycles. The maximum Gasteiger partial charge on any atom is 0.287 e. The van der Waals surface area contributed by atoms with Crippen molar-refractivity contribution >= 4 is 35.8 Å². The first-order chi connectivity index (χ1) is 13.8. The van der Waals surface area contributed by atoms with Crippen molar-refractivity contribution in [3.8, 4) is 0 Å². The van der Waals surface area contributed by atoms with Gasteiger partial charge >= 0.3 is 0 Å². The molecule has 0 unspecified atom stereocenters. The van der Waals surface area contributed by atoms with E-state index in [2.05, 4.69) is 20.9 Å². The smallest absolute Gasteiger partial charge is 0.287 e. The van der Waals surface area contributed by atoms with Crippen molar-refractivity contribution in [1.29, 1.82) is 0 Å². The van der Waals surface area contributed by atoms with Crippen molar-refractivity contribution in [2.75, 3.05) is 26.2 Å². The highest BCUT2D eigenvalue weighted by atomic mass is 127. The predicted octanol–water partition coefficient (Wildman–Crippen LogP) is 4.00. The number of nitrogens with zero attached hydrogens (tertiary/aromatic N) is 1. The van der Waals surface area contributed by atoms with Crippen LogP contribution in [0, 0.1) is 12.7 Å². The van der Waals surface area contributed by atoms with Crippen LogP contribution in [0.2, 0.25) is 0 Å². The van der Waals surface area contributed by atoms with Gasteiger partial charge < -0.3 is 20.4 Å². The maximum atomic E-state index is 13.5. The second-order valence-electron chi connectivity index (χ2n) is 7.56. The lowest BCUT2D eigenvalue weighted by Crippen LogP contribution is -2.39. The Kier molecular flexibility index (Phi) is 10.9. The van der Waals surface area contributed by atoms with Gasteiger partial charge in [-0.1, -0.05) is 26.0 Å². The molecule has 0 saturated carbocycles. The van der Waals surface area contributed by atoms with Gasteiger partial charge in [0.25, 0.3) is 5.91 Å². The molecular formula is C22H32FIN4O2. The first-order valence-electron chi connectivity index (χ1n) is 9.94. The van der Waals surface area contributed by atoms with Crippen molar-refractivity contribution in [1.82, 2.24) is 16.0 Å². The lowest BCUT2D eigenvalue weighted by Gasteiger charge is -2.24. The summed E-state index contributed by atoms with van der Waals surface area (Å²) in [5, 5.41) is 9.32. The second kappa shape index (κ2) is 12.6. The molecule has 0 atom stereocenters. The largest absolute Gasteiger partial charge is 0.459 e. The number of aliphatic imine (C=N–C) groups is 1. The van der Waals surface area contributed by atoms with E-state index in [0.29, 0.717) is 31.4 Å². The molecule has 2 rings (SSSR count). The van der Waals surface area contributed by atoms with Gasteiger partial charge in [0.15, 0.2) is 11.7 Å². The third-order valence-corrected chi connectivity index (χ3v) is 4.58. The molecule has 0 spiro atoms. The quantitative estimate of drug-likeness (QED) is 0.198. The molecule has 2 aromatic rings. The second-order valence-corrected chi connectivity index (χ2v) is 7.56. The van der Waals surface area contributed by atoms with Gasteiger partial charge in [-0.15, -0.1) is 24.0 Å². The maximum absolute atomic E-state index is 13.5. The average molecular weight is 530 g/mol. The number of halogens is 2. The molecule has 0 radical (unpaired) electrons. The van der Waals surface area contributed by atoms with Crippen LogP contribution in [-0.2, 0) is 5.41 Å². The highest BCUT2D eigenvalue weighted by Crippen LogP contribution is 2.24. The summed E-state index contributed by atoms with van der Waals surface area (Å²) in [4.78, 5) is 16.7. The number of aryl methyl sites for hydroxylation is 1. The predicted molar refractivity (Wildman–Crippen MR) is 129 cm³/mol. The van der Waals surface area contributed by atoms with Gasteiger partial charge in [-0.2, -0.15) is 0 Å². The van der Waals surface area contributed by atoms with Crippen LogP contribution in [0.15, 0.2) is 46.0 Å². The molecule has 3 N–H and O–H groups in total. The minimum Gasteiger partial charge on any atom is -0.459 e. The summed E-state index contributed by atoms with van der Waals surface area (Å²) in [6.45, 7) is 10.4. The number of guanidine groups is 1. The van der Waals surface area contributed by atoms with Crippen molar-refractivity contribution < 1.29 is 13.6 Å². The molecule has 1 amide bonds. The topological polar surface area (TPSA) is 78.7 Å². The van der Waals surface area contributed by atoms with Gasteiger partial charge in [-0.05, 0) is 44.0 Å². The number of rotatable bonds is 9. The van der Waals surface area contributed by atoms with E-state index in [1.54, 1.807) is 18.2 Å². The standard InChI is InChI=1S/C22H31FN4O2.HI/c1-5-24-21(27-15-22(3,4)17-8-6-9-18(23)14-17)26-12-7-11-25-20(28)19-16(2)10-13-29-19;/h6,8-10,13-14H,5,7,11-12,15H2,1-4H3,(H,25,28)(H2,24,26,27);1H. The Labute approximate surface area is 195 Å². The van der Waals surface area contributed by atoms with Crippen LogP contribution >= 0.6 is 24.0 Å². The summed E-state index contributed by atoms with van der Waals surface area (Å²) < 4.78 is 18.7. The highest BCUT2D eigenvalue weighted by Gasteiger charge is 2.21. The Bertz CT molecular complexity index is 836. The summed E-state index contributed by atoms with van der Waals surface area (Å²) in [6.07, 6.45) is 2.25. The Hall–Kier alpha value is -2.10. The van der Waals surface area contributed by atoms with E-state index in [4.69, 9.17) is 4.42 Å². The number of nitrogens with one attached hydrogen (secondary N) is 3. The number of hydrogen-bond donors (Lipinski definition) is 3. The molecule has 0 fully saturated rings. The van der Waals surface area contributed by atoms with Crippen LogP contribution in [0.1, 0.15) is 48.9 Å². The third kappa shape index (κ3) is 7.97. The molecule has 0 aliphatic carbocycles. The van der Waals surface area contributed by atoms with E-state index >= 15 is 0 Å². The SMILES string of the molecule is CCNC(=NCC(C)(C)c1cccc(F)c1)NCCCNC(=O)c1occc1C.I. The number of amides is 1. The van der Waals surface area contributed by atoms with E-state index in [1.807, 2.05) is 33.8 Å². The number of carbonyl (C=O) groups is 1. The molecule has 0 aliphatic rings. The van der Waals surface area contributed by atoms with Crippen molar-refractivity contribution in [3.63, 3.8) is 0 Å². The number of carbonyl (C=O) groups excluding carboxylic acids is 1. The van der Waals surface area contributed by atoms with E-state index in [9.17, 15) is 9.18 Å². The lowest BCUT2D eigenvalue weighted by molar-refractivity contribution is 0.0925. The molecule has 6 nitrogen and oxygen atoms in total. The minimum absolute atomic E-state index is 0. The Morgan fingerprint density at radius 3 is 2.53 bits per heavy atom. The fourth-order valence-corrected chi connectivity index (χ4v) is 2.80. The van der Waals surface area contributed by atoms with Crippen LogP contribution in [0.5, 0.6) is 0 Å². The van der Waals surface area contributed by atoms with Gasteiger partial charge in [0, 0.05) is 30.6 Å². The molecule has 30 heavy (non-hydrogen) atoms. The fraction of sp³-hybridized carbons (Fsp3) is 0.455. The summed E-state index contributed by atoms with van der Waals surface area (Å²) in [7, 11) is 0. The van der Waals surface area contributed by atoms with Gasteiger partial charge in [-0.3, -0.25) is 9.79 Å². The van der Waals surface area contributed by atoms with E-state index in [-0.39, 0.29) is 41.1 Å². The first-order valence-corrected chi connectivity index (χ1v) is 9.94. The van der Waals surface area contributed by atoms with E-state index in [1.165, 1.54) is 12.3 Å². The van der Waals surface area contributed by atoms with Crippen molar-refractivity contribution in [3.05, 3.63) is 59.3 Å². The van der Waals surface area contributed by atoms with Crippen LogP contribution in [0.3, 0.4) is 0 Å². The van der Waals surface area contributed by atoms with Crippen LogP contribution in [-0.4, -0.2) is 38.0 Å². The molecule has 0 bridgehead atoms. The first kappa shape index (κ1) is 25.9. The molecule has 8 heteroatoms. The van der Waals surface area contributed by atoms with Gasteiger partial charge in [0.1, 0.15) is 5.82 Å². The van der Waals surface area contributed by atoms with Gasteiger partial charge in [0.05, 0.1) is 12.8 Å². The van der Waals surface area contributed by atoms with Crippen LogP contribution < -0.4 is 16.0 Å².